The molecular formula is C13H16N2O4S. The van der Waals surface area contributed by atoms with Gasteiger partial charge in [-0.2, -0.15) is 9.98 Å². The Bertz CT molecular complexity index is 654. The average molecular weight is 296 g/mol. The Morgan fingerprint density at radius 1 is 1.40 bits per heavy atom. The second-order valence-electron chi connectivity index (χ2n) is 5.40. The van der Waals surface area contributed by atoms with Gasteiger partial charge in [-0.25, -0.2) is 8.42 Å². The van der Waals surface area contributed by atoms with E-state index in [1.54, 1.807) is 20.8 Å². The Balaban J connectivity index is 3.17. The lowest BCUT2D eigenvalue weighted by molar-refractivity contribution is -0.141. The summed E-state index contributed by atoms with van der Waals surface area (Å²) in [7, 11) is -4.00. The van der Waals surface area contributed by atoms with Crippen molar-refractivity contribution in [1.29, 1.82) is 5.26 Å². The number of benzene rings is 1. The normalized spacial score (nSPS) is 13.5. The van der Waals surface area contributed by atoms with Gasteiger partial charge in [0, 0.05) is 0 Å². The highest BCUT2D eigenvalue weighted by atomic mass is 32.2. The molecule has 6 nitrogen and oxygen atoms in total. The summed E-state index contributed by atoms with van der Waals surface area (Å²) in [5.74, 6) is -1.25. The predicted molar refractivity (Wildman–Crippen MR) is 72.4 cm³/mol. The first kappa shape index (κ1) is 16.1. The van der Waals surface area contributed by atoms with Gasteiger partial charge in [-0.15, -0.1) is 0 Å². The van der Waals surface area contributed by atoms with E-state index in [0.29, 0.717) is 0 Å². The monoisotopic (exact) mass is 296 g/mol. The van der Waals surface area contributed by atoms with Crippen LogP contribution >= 0.6 is 0 Å². The van der Waals surface area contributed by atoms with Gasteiger partial charge in [-0.05, 0) is 23.6 Å². The minimum atomic E-state index is -4.00. The zero-order valence-electron chi connectivity index (χ0n) is 11.4. The highest BCUT2D eigenvalue weighted by molar-refractivity contribution is 7.89. The van der Waals surface area contributed by atoms with Crippen molar-refractivity contribution in [1.82, 2.24) is 4.72 Å². The summed E-state index contributed by atoms with van der Waals surface area (Å²) in [6, 6.07) is 5.98. The van der Waals surface area contributed by atoms with Gasteiger partial charge in [0.15, 0.2) is 0 Å². The van der Waals surface area contributed by atoms with Crippen LogP contribution in [0.25, 0.3) is 0 Å². The van der Waals surface area contributed by atoms with Crippen LogP contribution in [0.3, 0.4) is 0 Å². The maximum Gasteiger partial charge on any atom is 0.322 e. The van der Waals surface area contributed by atoms with E-state index in [-0.39, 0.29) is 10.5 Å². The third kappa shape index (κ3) is 3.79. The number of hydrogen-bond donors (Lipinski definition) is 2. The predicted octanol–water partition coefficient (Wildman–Crippen LogP) is 1.34. The number of aliphatic carboxylic acids is 1. The quantitative estimate of drug-likeness (QED) is 0.871. The van der Waals surface area contributed by atoms with Crippen LogP contribution in [0.4, 0.5) is 0 Å². The first-order chi connectivity index (χ1) is 9.08. The number of carbonyl (C=O) groups is 1. The van der Waals surface area contributed by atoms with E-state index in [9.17, 15) is 13.2 Å². The van der Waals surface area contributed by atoms with Crippen molar-refractivity contribution < 1.29 is 18.3 Å². The van der Waals surface area contributed by atoms with Crippen LogP contribution in [0.5, 0.6) is 0 Å². The topological polar surface area (TPSA) is 107 Å². The summed E-state index contributed by atoms with van der Waals surface area (Å²) in [6.07, 6.45) is 0. The molecule has 7 heteroatoms. The number of nitriles is 1. The third-order valence-electron chi connectivity index (χ3n) is 2.66. The summed E-state index contributed by atoms with van der Waals surface area (Å²) in [4.78, 5) is 11.1. The summed E-state index contributed by atoms with van der Waals surface area (Å²) in [6.45, 7) is 4.88. The summed E-state index contributed by atoms with van der Waals surface area (Å²) in [5, 5.41) is 17.9. The number of rotatable bonds is 4. The van der Waals surface area contributed by atoms with Gasteiger partial charge in [0.25, 0.3) is 0 Å². The van der Waals surface area contributed by atoms with Gasteiger partial charge in [0.2, 0.25) is 10.0 Å². The first-order valence-corrected chi connectivity index (χ1v) is 7.31. The zero-order valence-corrected chi connectivity index (χ0v) is 12.2. The van der Waals surface area contributed by atoms with Crippen molar-refractivity contribution in [3.05, 3.63) is 29.8 Å². The molecule has 0 saturated heterocycles. The maximum absolute atomic E-state index is 12.2. The summed E-state index contributed by atoms with van der Waals surface area (Å²) < 4.78 is 26.5. The second kappa shape index (κ2) is 5.61. The largest absolute Gasteiger partial charge is 0.480 e. The summed E-state index contributed by atoms with van der Waals surface area (Å²) >= 11 is 0. The maximum atomic E-state index is 12.2. The van der Waals surface area contributed by atoms with Crippen LogP contribution < -0.4 is 4.72 Å². The molecule has 1 atom stereocenters. The molecule has 0 aliphatic rings. The lowest BCUT2D eigenvalue weighted by Crippen LogP contribution is -2.48. The van der Waals surface area contributed by atoms with Gasteiger partial charge < -0.3 is 5.11 Å². The lowest BCUT2D eigenvalue weighted by Gasteiger charge is -2.27. The van der Waals surface area contributed by atoms with Gasteiger partial charge >= 0.3 is 5.97 Å². The van der Waals surface area contributed by atoms with Crippen molar-refractivity contribution in [2.75, 3.05) is 0 Å². The van der Waals surface area contributed by atoms with Crippen molar-refractivity contribution in [2.45, 2.75) is 31.7 Å². The van der Waals surface area contributed by atoms with Crippen molar-refractivity contribution in [3.63, 3.8) is 0 Å². The fourth-order valence-corrected chi connectivity index (χ4v) is 2.99. The van der Waals surface area contributed by atoms with E-state index >= 15 is 0 Å². The zero-order chi connectivity index (χ0) is 15.6. The molecule has 1 aromatic carbocycles. The Kier molecular flexibility index (Phi) is 4.53. The van der Waals surface area contributed by atoms with E-state index in [1.807, 2.05) is 6.07 Å². The van der Waals surface area contributed by atoms with E-state index in [2.05, 4.69) is 4.72 Å². The molecule has 108 valence electrons. The van der Waals surface area contributed by atoms with Crippen LogP contribution in [0, 0.1) is 16.7 Å². The lowest BCUT2D eigenvalue weighted by atomic mass is 9.88. The average Bonchev–Trinajstić information content (AvgIpc) is 2.34. The van der Waals surface area contributed by atoms with E-state index in [4.69, 9.17) is 10.4 Å². The molecule has 0 bridgehead atoms. The van der Waals surface area contributed by atoms with Gasteiger partial charge in [-0.3, -0.25) is 4.79 Å². The molecule has 2 N–H and O–H groups in total. The Morgan fingerprint density at radius 3 is 2.45 bits per heavy atom. The molecule has 0 aliphatic carbocycles. The minimum Gasteiger partial charge on any atom is -0.480 e. The Labute approximate surface area is 118 Å². The third-order valence-corrected chi connectivity index (χ3v) is 4.08. The van der Waals surface area contributed by atoms with Gasteiger partial charge in [-0.1, -0.05) is 26.8 Å². The molecule has 0 saturated carbocycles. The molecule has 0 aromatic heterocycles. The van der Waals surface area contributed by atoms with Crippen LogP contribution in [0.15, 0.2) is 29.2 Å². The van der Waals surface area contributed by atoms with E-state index in [1.165, 1.54) is 24.3 Å². The van der Waals surface area contributed by atoms with Gasteiger partial charge in [0.1, 0.15) is 6.04 Å². The second-order valence-corrected chi connectivity index (χ2v) is 7.11. The fraction of sp³-hybridized carbons (Fsp3) is 0.385. The SMILES string of the molecule is CC(C)(C)C(NS(=O)(=O)c1cccc(C#N)c1)C(=O)O. The number of nitrogens with zero attached hydrogens (tertiary/aromatic N) is 1. The van der Waals surface area contributed by atoms with E-state index < -0.39 is 27.4 Å². The van der Waals surface area contributed by atoms with Crippen molar-refractivity contribution >= 4 is 16.0 Å². The molecular weight excluding hydrogens is 280 g/mol. The molecule has 1 rings (SSSR count). The van der Waals surface area contributed by atoms with Crippen LogP contribution in [0.2, 0.25) is 0 Å². The number of hydrogen-bond acceptors (Lipinski definition) is 4. The summed E-state index contributed by atoms with van der Waals surface area (Å²) in [5.41, 5.74) is -0.596. The van der Waals surface area contributed by atoms with E-state index in [0.717, 1.165) is 0 Å². The molecule has 0 radical (unpaired) electrons. The Hall–Kier alpha value is -1.91. The number of carboxylic acid groups (broad SMARTS) is 1. The number of carboxylic acids is 1. The fourth-order valence-electron chi connectivity index (χ4n) is 1.55. The molecule has 0 aliphatic heterocycles. The molecule has 0 spiro atoms. The number of sulfonamides is 1. The molecule has 1 unspecified atom stereocenters. The molecule has 0 heterocycles. The molecule has 1 aromatic rings. The van der Waals surface area contributed by atoms with Crippen molar-refractivity contribution in [3.8, 4) is 6.07 Å². The standard InChI is InChI=1S/C13H16N2O4S/c1-13(2,3)11(12(16)17)15-20(18,19)10-6-4-5-9(7-10)8-14/h4-7,11,15H,1-3H3,(H,16,17). The van der Waals surface area contributed by atoms with Gasteiger partial charge in [0.05, 0.1) is 16.5 Å². The van der Waals surface area contributed by atoms with Crippen molar-refractivity contribution in [2.24, 2.45) is 5.41 Å². The number of nitrogens with one attached hydrogen (secondary N) is 1. The smallest absolute Gasteiger partial charge is 0.322 e. The highest BCUT2D eigenvalue weighted by Gasteiger charge is 2.35. The highest BCUT2D eigenvalue weighted by Crippen LogP contribution is 2.22. The van der Waals surface area contributed by atoms with Crippen LogP contribution in [0.1, 0.15) is 26.3 Å². The van der Waals surface area contributed by atoms with Crippen LogP contribution in [-0.4, -0.2) is 25.5 Å². The molecule has 0 fully saturated rings. The van der Waals surface area contributed by atoms with Crippen LogP contribution in [-0.2, 0) is 14.8 Å². The first-order valence-electron chi connectivity index (χ1n) is 5.83. The minimum absolute atomic E-state index is 0.132. The molecule has 20 heavy (non-hydrogen) atoms. The Morgan fingerprint density at radius 2 is 2.00 bits per heavy atom. The molecule has 0 amide bonds.